The van der Waals surface area contributed by atoms with Crippen LogP contribution in [0.5, 0.6) is 0 Å². The summed E-state index contributed by atoms with van der Waals surface area (Å²) < 4.78 is 0. The van der Waals surface area contributed by atoms with Crippen molar-refractivity contribution in [2.45, 2.75) is 19.4 Å². The molecule has 0 radical (unpaired) electrons. The van der Waals surface area contributed by atoms with Gasteiger partial charge in [-0.2, -0.15) is 0 Å². The summed E-state index contributed by atoms with van der Waals surface area (Å²) in [6.07, 6.45) is 2.26. The van der Waals surface area contributed by atoms with Crippen LogP contribution in [0, 0.1) is 0 Å². The second kappa shape index (κ2) is 8.32. The lowest BCUT2D eigenvalue weighted by atomic mass is 10.1. The van der Waals surface area contributed by atoms with Gasteiger partial charge in [-0.25, -0.2) is 0 Å². The third kappa shape index (κ3) is 4.28. The molecular formula is C22H26ClN3O. The van der Waals surface area contributed by atoms with E-state index in [0.717, 1.165) is 74.9 Å². The summed E-state index contributed by atoms with van der Waals surface area (Å²) in [6, 6.07) is 16.2. The molecule has 0 unspecified atom stereocenters. The van der Waals surface area contributed by atoms with Gasteiger partial charge in [0, 0.05) is 51.4 Å². The number of amides is 1. The molecule has 0 bridgehead atoms. The van der Waals surface area contributed by atoms with Crippen molar-refractivity contribution in [1.29, 1.82) is 0 Å². The Kier molecular flexibility index (Phi) is 5.65. The van der Waals surface area contributed by atoms with Gasteiger partial charge in [-0.1, -0.05) is 35.9 Å². The zero-order valence-corrected chi connectivity index (χ0v) is 16.4. The number of hydrogen-bond acceptors (Lipinski definition) is 3. The van der Waals surface area contributed by atoms with Crippen molar-refractivity contribution in [3.05, 3.63) is 64.7 Å². The summed E-state index contributed by atoms with van der Waals surface area (Å²) in [5.41, 5.74) is 3.20. The van der Waals surface area contributed by atoms with Crippen molar-refractivity contribution in [3.63, 3.8) is 0 Å². The summed E-state index contributed by atoms with van der Waals surface area (Å²) in [5.74, 6) is 0.174. The van der Waals surface area contributed by atoms with E-state index in [-0.39, 0.29) is 5.91 Å². The number of hydrogen-bond donors (Lipinski definition) is 0. The Morgan fingerprint density at radius 3 is 2.19 bits per heavy atom. The summed E-state index contributed by atoms with van der Waals surface area (Å²) in [5, 5.41) is 0.823. The van der Waals surface area contributed by atoms with Crippen LogP contribution >= 0.6 is 11.6 Å². The van der Waals surface area contributed by atoms with Gasteiger partial charge in [-0.15, -0.1) is 0 Å². The molecule has 0 atom stereocenters. The van der Waals surface area contributed by atoms with E-state index in [4.69, 9.17) is 11.6 Å². The van der Waals surface area contributed by atoms with Gasteiger partial charge in [-0.3, -0.25) is 9.69 Å². The highest BCUT2D eigenvalue weighted by atomic mass is 35.5. The Labute approximate surface area is 166 Å². The van der Waals surface area contributed by atoms with Gasteiger partial charge in [0.25, 0.3) is 5.91 Å². The van der Waals surface area contributed by atoms with Crippen LogP contribution in [0.15, 0.2) is 48.5 Å². The molecule has 1 amide bonds. The fraction of sp³-hybridized carbons (Fsp3) is 0.409. The Balaban J connectivity index is 1.31. The Hall–Kier alpha value is -2.04. The van der Waals surface area contributed by atoms with Gasteiger partial charge in [0.2, 0.25) is 0 Å². The highest BCUT2D eigenvalue weighted by Gasteiger charge is 2.20. The molecular weight excluding hydrogens is 358 g/mol. The van der Waals surface area contributed by atoms with Gasteiger partial charge in [0.1, 0.15) is 0 Å². The number of piperazine rings is 1. The average molecular weight is 384 g/mol. The summed E-state index contributed by atoms with van der Waals surface area (Å²) in [6.45, 7) is 6.71. The first-order valence-corrected chi connectivity index (χ1v) is 10.2. The predicted octanol–water partition coefficient (Wildman–Crippen LogP) is 3.90. The number of para-hydroxylation sites is 1. The first-order chi connectivity index (χ1) is 13.2. The first-order valence-electron chi connectivity index (χ1n) is 9.81. The predicted molar refractivity (Wildman–Crippen MR) is 111 cm³/mol. The molecule has 2 aliphatic rings. The standard InChI is InChI=1S/C22H26ClN3O/c23-20-5-1-2-6-21(20)25-15-13-24(14-16-25)17-18-7-9-19(10-8-18)22(27)26-11-3-4-12-26/h1-2,5-10H,3-4,11-17H2. The zero-order chi connectivity index (χ0) is 18.6. The van der Waals surface area contributed by atoms with Crippen LogP contribution in [0.25, 0.3) is 0 Å². The minimum atomic E-state index is 0.174. The van der Waals surface area contributed by atoms with E-state index in [2.05, 4.69) is 28.0 Å². The molecule has 0 spiro atoms. The van der Waals surface area contributed by atoms with Crippen molar-refractivity contribution in [3.8, 4) is 0 Å². The second-order valence-electron chi connectivity index (χ2n) is 7.41. The van der Waals surface area contributed by atoms with Crippen molar-refractivity contribution < 1.29 is 4.79 Å². The lowest BCUT2D eigenvalue weighted by molar-refractivity contribution is 0.0793. The lowest BCUT2D eigenvalue weighted by Gasteiger charge is -2.36. The second-order valence-corrected chi connectivity index (χ2v) is 7.82. The number of nitrogens with zero attached hydrogens (tertiary/aromatic N) is 3. The van der Waals surface area contributed by atoms with Crippen LogP contribution in [0.3, 0.4) is 0 Å². The van der Waals surface area contributed by atoms with Gasteiger partial charge in [-0.05, 0) is 42.7 Å². The van der Waals surface area contributed by atoms with Gasteiger partial charge in [0.15, 0.2) is 0 Å². The van der Waals surface area contributed by atoms with E-state index < -0.39 is 0 Å². The maximum atomic E-state index is 12.4. The lowest BCUT2D eigenvalue weighted by Crippen LogP contribution is -2.46. The van der Waals surface area contributed by atoms with Gasteiger partial charge < -0.3 is 9.80 Å². The molecule has 0 aromatic heterocycles. The van der Waals surface area contributed by atoms with Crippen molar-refractivity contribution in [1.82, 2.24) is 9.80 Å². The molecule has 0 saturated carbocycles. The molecule has 27 heavy (non-hydrogen) atoms. The number of anilines is 1. The summed E-state index contributed by atoms with van der Waals surface area (Å²) in [7, 11) is 0. The van der Waals surface area contributed by atoms with Crippen molar-refractivity contribution in [2.24, 2.45) is 0 Å². The van der Waals surface area contributed by atoms with E-state index in [1.807, 2.05) is 35.2 Å². The largest absolute Gasteiger partial charge is 0.368 e. The van der Waals surface area contributed by atoms with Crippen LogP contribution in [0.2, 0.25) is 5.02 Å². The molecule has 0 N–H and O–H groups in total. The molecule has 2 heterocycles. The topological polar surface area (TPSA) is 26.8 Å². The first kappa shape index (κ1) is 18.3. The number of carbonyl (C=O) groups excluding carboxylic acids is 1. The number of likely N-dealkylation sites (tertiary alicyclic amines) is 1. The Morgan fingerprint density at radius 2 is 1.52 bits per heavy atom. The van der Waals surface area contributed by atoms with Crippen molar-refractivity contribution >= 4 is 23.2 Å². The molecule has 4 rings (SSSR count). The molecule has 2 aliphatic heterocycles. The average Bonchev–Trinajstić information content (AvgIpc) is 3.24. The number of benzene rings is 2. The highest BCUT2D eigenvalue weighted by Crippen LogP contribution is 2.26. The van der Waals surface area contributed by atoms with Gasteiger partial charge in [0.05, 0.1) is 10.7 Å². The molecule has 2 aromatic rings. The highest BCUT2D eigenvalue weighted by molar-refractivity contribution is 6.33. The third-order valence-corrected chi connectivity index (χ3v) is 5.89. The molecule has 2 fully saturated rings. The molecule has 4 nitrogen and oxygen atoms in total. The molecule has 0 aliphatic carbocycles. The van der Waals surface area contributed by atoms with E-state index in [9.17, 15) is 4.79 Å². The fourth-order valence-corrected chi connectivity index (χ4v) is 4.22. The SMILES string of the molecule is O=C(c1ccc(CN2CCN(c3ccccc3Cl)CC2)cc1)N1CCCC1. The van der Waals surface area contributed by atoms with E-state index in [0.29, 0.717) is 0 Å². The molecule has 2 saturated heterocycles. The van der Waals surface area contributed by atoms with E-state index >= 15 is 0 Å². The van der Waals surface area contributed by atoms with E-state index in [1.165, 1.54) is 5.56 Å². The smallest absolute Gasteiger partial charge is 0.253 e. The minimum Gasteiger partial charge on any atom is -0.368 e. The number of rotatable bonds is 4. The molecule has 142 valence electrons. The fourth-order valence-electron chi connectivity index (χ4n) is 3.97. The quantitative estimate of drug-likeness (QED) is 0.801. The number of carbonyl (C=O) groups is 1. The van der Waals surface area contributed by atoms with Crippen molar-refractivity contribution in [2.75, 3.05) is 44.2 Å². The zero-order valence-electron chi connectivity index (χ0n) is 15.6. The number of halogens is 1. The van der Waals surface area contributed by atoms with Crippen LogP contribution in [0.1, 0.15) is 28.8 Å². The molecule has 5 heteroatoms. The maximum Gasteiger partial charge on any atom is 0.253 e. The van der Waals surface area contributed by atoms with Crippen LogP contribution < -0.4 is 4.90 Å². The maximum absolute atomic E-state index is 12.4. The molecule has 2 aromatic carbocycles. The monoisotopic (exact) mass is 383 g/mol. The van der Waals surface area contributed by atoms with Crippen LogP contribution in [-0.2, 0) is 6.54 Å². The van der Waals surface area contributed by atoms with Crippen LogP contribution in [-0.4, -0.2) is 55.0 Å². The Morgan fingerprint density at radius 1 is 0.852 bits per heavy atom. The normalized spacial score (nSPS) is 18.1. The Bertz CT molecular complexity index is 778. The summed E-state index contributed by atoms with van der Waals surface area (Å²) >= 11 is 6.32. The van der Waals surface area contributed by atoms with E-state index in [1.54, 1.807) is 0 Å². The third-order valence-electron chi connectivity index (χ3n) is 5.57. The summed E-state index contributed by atoms with van der Waals surface area (Å²) in [4.78, 5) is 19.2. The minimum absolute atomic E-state index is 0.174. The van der Waals surface area contributed by atoms with Crippen LogP contribution in [0.4, 0.5) is 5.69 Å². The van der Waals surface area contributed by atoms with Gasteiger partial charge >= 0.3 is 0 Å².